The summed E-state index contributed by atoms with van der Waals surface area (Å²) in [5.74, 6) is 1.48. The summed E-state index contributed by atoms with van der Waals surface area (Å²) in [5.41, 5.74) is 2.47. The van der Waals surface area contributed by atoms with Gasteiger partial charge < -0.3 is 4.90 Å². The SMILES string of the molecule is CN(CC1CC1)c1cc(Br)ccc1CCl. The maximum Gasteiger partial charge on any atom is 0.0494 e. The van der Waals surface area contributed by atoms with Crippen molar-refractivity contribution in [1.82, 2.24) is 0 Å². The molecule has 0 atom stereocenters. The number of hydrogen-bond acceptors (Lipinski definition) is 1. The van der Waals surface area contributed by atoms with E-state index in [1.165, 1.54) is 24.1 Å². The molecule has 3 heteroatoms. The maximum atomic E-state index is 5.94. The third-order valence-electron chi connectivity index (χ3n) is 2.83. The van der Waals surface area contributed by atoms with Gasteiger partial charge in [0.05, 0.1) is 0 Å². The Morgan fingerprint density at radius 1 is 1.47 bits per heavy atom. The Hall–Kier alpha value is -0.210. The summed E-state index contributed by atoms with van der Waals surface area (Å²) in [6, 6.07) is 6.29. The lowest BCUT2D eigenvalue weighted by atomic mass is 10.2. The van der Waals surface area contributed by atoms with Gasteiger partial charge in [0, 0.05) is 29.6 Å². The summed E-state index contributed by atoms with van der Waals surface area (Å²) in [6.45, 7) is 1.15. The molecule has 1 aliphatic rings. The van der Waals surface area contributed by atoms with Gasteiger partial charge in [-0.15, -0.1) is 11.6 Å². The lowest BCUT2D eigenvalue weighted by Crippen LogP contribution is -2.21. The number of halogens is 2. The van der Waals surface area contributed by atoms with Crippen LogP contribution in [0.2, 0.25) is 0 Å². The van der Waals surface area contributed by atoms with Crippen molar-refractivity contribution < 1.29 is 0 Å². The molecular formula is C12H15BrClN. The minimum Gasteiger partial charge on any atom is -0.374 e. The first-order chi connectivity index (χ1) is 7.20. The molecule has 0 heterocycles. The maximum absolute atomic E-state index is 5.94. The van der Waals surface area contributed by atoms with E-state index in [1.54, 1.807) is 0 Å². The zero-order valence-corrected chi connectivity index (χ0v) is 11.2. The van der Waals surface area contributed by atoms with Gasteiger partial charge in [-0.2, -0.15) is 0 Å². The number of alkyl halides is 1. The first-order valence-electron chi connectivity index (χ1n) is 5.26. The fraction of sp³-hybridized carbons (Fsp3) is 0.500. The Labute approximate surface area is 105 Å². The van der Waals surface area contributed by atoms with Crippen molar-refractivity contribution in [1.29, 1.82) is 0 Å². The molecule has 1 nitrogen and oxygen atoms in total. The highest BCUT2D eigenvalue weighted by Gasteiger charge is 2.23. The third kappa shape index (κ3) is 2.88. The minimum atomic E-state index is 0.581. The summed E-state index contributed by atoms with van der Waals surface area (Å²) in [5, 5.41) is 0. The summed E-state index contributed by atoms with van der Waals surface area (Å²) in [4.78, 5) is 2.32. The van der Waals surface area contributed by atoms with Crippen LogP contribution in [0.4, 0.5) is 5.69 Å². The second-order valence-corrected chi connectivity index (χ2v) is 5.41. The quantitative estimate of drug-likeness (QED) is 0.756. The molecule has 0 aliphatic heterocycles. The molecule has 0 spiro atoms. The Morgan fingerprint density at radius 2 is 2.20 bits per heavy atom. The first kappa shape index (κ1) is 11.3. The molecule has 0 saturated heterocycles. The number of rotatable bonds is 4. The zero-order chi connectivity index (χ0) is 10.8. The molecule has 15 heavy (non-hydrogen) atoms. The van der Waals surface area contributed by atoms with Gasteiger partial charge in [0.1, 0.15) is 0 Å². The highest BCUT2D eigenvalue weighted by molar-refractivity contribution is 9.10. The van der Waals surface area contributed by atoms with Gasteiger partial charge in [0.15, 0.2) is 0 Å². The number of benzene rings is 1. The van der Waals surface area contributed by atoms with Gasteiger partial charge >= 0.3 is 0 Å². The fourth-order valence-corrected chi connectivity index (χ4v) is 2.37. The molecule has 2 rings (SSSR count). The number of hydrogen-bond donors (Lipinski definition) is 0. The summed E-state index contributed by atoms with van der Waals surface area (Å²) >= 11 is 9.44. The first-order valence-corrected chi connectivity index (χ1v) is 6.59. The smallest absolute Gasteiger partial charge is 0.0494 e. The van der Waals surface area contributed by atoms with Crippen molar-refractivity contribution in [2.45, 2.75) is 18.7 Å². The highest BCUT2D eigenvalue weighted by Crippen LogP contribution is 2.33. The van der Waals surface area contributed by atoms with E-state index in [4.69, 9.17) is 11.6 Å². The Bertz CT molecular complexity index is 349. The summed E-state index contributed by atoms with van der Waals surface area (Å²) in [6.07, 6.45) is 2.77. The zero-order valence-electron chi connectivity index (χ0n) is 8.84. The van der Waals surface area contributed by atoms with Crippen LogP contribution in [-0.2, 0) is 5.88 Å². The Morgan fingerprint density at radius 3 is 2.80 bits per heavy atom. The average molecular weight is 289 g/mol. The second kappa shape index (κ2) is 4.75. The van der Waals surface area contributed by atoms with Crippen molar-refractivity contribution in [2.75, 3.05) is 18.5 Å². The fourth-order valence-electron chi connectivity index (χ4n) is 1.79. The molecule has 0 radical (unpaired) electrons. The van der Waals surface area contributed by atoms with E-state index in [-0.39, 0.29) is 0 Å². The molecule has 82 valence electrons. The van der Waals surface area contributed by atoms with Crippen LogP contribution in [0.1, 0.15) is 18.4 Å². The van der Waals surface area contributed by atoms with E-state index < -0.39 is 0 Å². The Balaban J connectivity index is 2.18. The topological polar surface area (TPSA) is 3.24 Å². The van der Waals surface area contributed by atoms with Crippen molar-refractivity contribution in [3.05, 3.63) is 28.2 Å². The van der Waals surface area contributed by atoms with E-state index in [9.17, 15) is 0 Å². The van der Waals surface area contributed by atoms with E-state index in [1.807, 2.05) is 6.07 Å². The van der Waals surface area contributed by atoms with E-state index in [0.717, 1.165) is 16.9 Å². The van der Waals surface area contributed by atoms with Crippen molar-refractivity contribution in [3.8, 4) is 0 Å². The molecule has 1 aliphatic carbocycles. The molecule has 0 unspecified atom stereocenters. The van der Waals surface area contributed by atoms with E-state index in [2.05, 4.69) is 40.0 Å². The predicted octanol–water partition coefficient (Wildman–Crippen LogP) is 4.03. The molecule has 0 amide bonds. The van der Waals surface area contributed by atoms with Gasteiger partial charge in [-0.3, -0.25) is 0 Å². The molecular weight excluding hydrogens is 273 g/mol. The summed E-state index contributed by atoms with van der Waals surface area (Å²) in [7, 11) is 2.15. The van der Waals surface area contributed by atoms with E-state index >= 15 is 0 Å². The van der Waals surface area contributed by atoms with Gasteiger partial charge in [-0.05, 0) is 36.5 Å². The van der Waals surface area contributed by atoms with Crippen LogP contribution >= 0.6 is 27.5 Å². The van der Waals surface area contributed by atoms with Crippen LogP contribution in [0.3, 0.4) is 0 Å². The lowest BCUT2D eigenvalue weighted by molar-refractivity contribution is 0.785. The van der Waals surface area contributed by atoms with Crippen molar-refractivity contribution >= 4 is 33.2 Å². The summed E-state index contributed by atoms with van der Waals surface area (Å²) < 4.78 is 1.12. The molecule has 1 aromatic rings. The molecule has 1 fully saturated rings. The lowest BCUT2D eigenvalue weighted by Gasteiger charge is -2.22. The molecule has 0 bridgehead atoms. The molecule has 1 aromatic carbocycles. The molecule has 0 N–H and O–H groups in total. The van der Waals surface area contributed by atoms with Crippen molar-refractivity contribution in [3.63, 3.8) is 0 Å². The predicted molar refractivity (Wildman–Crippen MR) is 69.7 cm³/mol. The second-order valence-electron chi connectivity index (χ2n) is 4.23. The van der Waals surface area contributed by atoms with Gasteiger partial charge in [0.25, 0.3) is 0 Å². The van der Waals surface area contributed by atoms with Gasteiger partial charge in [-0.25, -0.2) is 0 Å². The van der Waals surface area contributed by atoms with Crippen LogP contribution in [-0.4, -0.2) is 13.6 Å². The number of anilines is 1. The van der Waals surface area contributed by atoms with Gasteiger partial charge in [0.2, 0.25) is 0 Å². The normalized spacial score (nSPS) is 15.4. The van der Waals surface area contributed by atoms with Crippen LogP contribution in [0, 0.1) is 5.92 Å². The largest absolute Gasteiger partial charge is 0.374 e. The minimum absolute atomic E-state index is 0.581. The highest BCUT2D eigenvalue weighted by atomic mass is 79.9. The molecule has 0 aromatic heterocycles. The van der Waals surface area contributed by atoms with Crippen LogP contribution in [0.25, 0.3) is 0 Å². The van der Waals surface area contributed by atoms with Crippen LogP contribution in [0.15, 0.2) is 22.7 Å². The average Bonchev–Trinajstić information content (AvgIpc) is 3.01. The van der Waals surface area contributed by atoms with Crippen molar-refractivity contribution in [2.24, 2.45) is 5.92 Å². The number of nitrogens with zero attached hydrogens (tertiary/aromatic N) is 1. The van der Waals surface area contributed by atoms with E-state index in [0.29, 0.717) is 5.88 Å². The monoisotopic (exact) mass is 287 g/mol. The Kier molecular flexibility index (Phi) is 3.57. The van der Waals surface area contributed by atoms with Crippen LogP contribution in [0.5, 0.6) is 0 Å². The van der Waals surface area contributed by atoms with Crippen LogP contribution < -0.4 is 4.90 Å². The third-order valence-corrected chi connectivity index (χ3v) is 3.61. The van der Waals surface area contributed by atoms with Gasteiger partial charge in [-0.1, -0.05) is 22.0 Å². The molecule has 1 saturated carbocycles. The standard InChI is InChI=1S/C12H15BrClN/c1-15(8-9-2-3-9)12-6-11(13)5-4-10(12)7-14/h4-6,9H,2-3,7-8H2,1H3.